The molecule has 16 nitrogen and oxygen atoms in total. The van der Waals surface area contributed by atoms with E-state index >= 15 is 0 Å². The normalized spacial score (nSPS) is 43.3. The summed E-state index contributed by atoms with van der Waals surface area (Å²) >= 11 is 0. The van der Waals surface area contributed by atoms with E-state index in [2.05, 4.69) is 4.90 Å². The van der Waals surface area contributed by atoms with E-state index in [-0.39, 0.29) is 37.3 Å². The Bertz CT molecular complexity index is 1560. The Morgan fingerprint density at radius 1 is 0.855 bits per heavy atom. The van der Waals surface area contributed by atoms with Crippen LogP contribution in [-0.4, -0.2) is 176 Å². The monoisotopic (exact) mass is 885 g/mol. The smallest absolute Gasteiger partial charge is 0.311 e. The summed E-state index contributed by atoms with van der Waals surface area (Å²) in [5, 5.41) is 47.5. The van der Waals surface area contributed by atoms with E-state index < -0.39 is 96.0 Å². The fourth-order valence-corrected chi connectivity index (χ4v) is 9.85. The highest BCUT2D eigenvalue weighted by molar-refractivity contribution is 5.73. The average molecular weight is 885 g/mol. The number of aliphatic hydroxyl groups excluding tert-OH is 2. The summed E-state index contributed by atoms with van der Waals surface area (Å²) in [5.41, 5.74) is -4.46. The number of likely N-dealkylation sites (N-methyl/N-ethyl adjacent to an activating group) is 2. The summed E-state index contributed by atoms with van der Waals surface area (Å²) in [7, 11) is 10.4. The molecule has 3 heterocycles. The third-order valence-electron chi connectivity index (χ3n) is 13.8. The summed E-state index contributed by atoms with van der Waals surface area (Å²) in [6.45, 7) is 18.3. The van der Waals surface area contributed by atoms with Gasteiger partial charge in [-0.15, -0.1) is 0 Å². The Labute approximate surface area is 370 Å². The van der Waals surface area contributed by atoms with Gasteiger partial charge in [-0.1, -0.05) is 20.8 Å². The van der Waals surface area contributed by atoms with Crippen molar-refractivity contribution in [3.8, 4) is 17.2 Å². The van der Waals surface area contributed by atoms with Crippen molar-refractivity contribution in [1.29, 1.82) is 0 Å². The number of rotatable bonds is 11. The fraction of sp³-hybridized carbons (Fsp3) is 0.848. The van der Waals surface area contributed by atoms with Crippen LogP contribution in [0.4, 0.5) is 0 Å². The second-order valence-electron chi connectivity index (χ2n) is 19.3. The number of nitrogens with zero attached hydrogens (tertiary/aromatic N) is 2. The summed E-state index contributed by atoms with van der Waals surface area (Å²) < 4.78 is 56.8. The van der Waals surface area contributed by atoms with Crippen molar-refractivity contribution in [3.63, 3.8) is 0 Å². The molecule has 0 unspecified atom stereocenters. The molecule has 358 valence electrons. The van der Waals surface area contributed by atoms with Crippen LogP contribution in [0.1, 0.15) is 94.9 Å². The van der Waals surface area contributed by atoms with Crippen molar-refractivity contribution in [3.05, 3.63) is 18.2 Å². The van der Waals surface area contributed by atoms with Gasteiger partial charge in [0, 0.05) is 50.2 Å². The quantitative estimate of drug-likeness (QED) is 0.234. The highest BCUT2D eigenvalue weighted by Gasteiger charge is 2.53. The molecule has 1 aromatic carbocycles. The average Bonchev–Trinajstić information content (AvgIpc) is 3.21. The minimum atomic E-state index is -1.82. The summed E-state index contributed by atoms with van der Waals surface area (Å²) in [6.07, 6.45) is -7.99. The molecule has 0 bridgehead atoms. The molecule has 3 aliphatic heterocycles. The highest BCUT2D eigenvalue weighted by Crippen LogP contribution is 2.41. The van der Waals surface area contributed by atoms with Crippen molar-refractivity contribution < 1.29 is 67.9 Å². The van der Waals surface area contributed by atoms with Gasteiger partial charge in [-0.3, -0.25) is 4.79 Å². The molecule has 0 spiro atoms. The molecule has 3 aliphatic rings. The van der Waals surface area contributed by atoms with Crippen LogP contribution in [0.5, 0.6) is 17.2 Å². The largest absolute Gasteiger partial charge is 0.496 e. The van der Waals surface area contributed by atoms with E-state index in [4.69, 9.17) is 42.6 Å². The first-order chi connectivity index (χ1) is 28.8. The molecule has 0 saturated carbocycles. The number of carbonyl (C=O) groups excluding carboxylic acids is 1. The lowest BCUT2D eigenvalue weighted by molar-refractivity contribution is -0.316. The second kappa shape index (κ2) is 21.3. The van der Waals surface area contributed by atoms with E-state index in [9.17, 15) is 25.2 Å². The van der Waals surface area contributed by atoms with Gasteiger partial charge in [0.1, 0.15) is 41.2 Å². The van der Waals surface area contributed by atoms with Crippen molar-refractivity contribution in [1.82, 2.24) is 9.80 Å². The molecule has 18 atom stereocenters. The molecule has 0 radical (unpaired) electrons. The molecule has 0 aliphatic carbocycles. The third kappa shape index (κ3) is 11.9. The van der Waals surface area contributed by atoms with Gasteiger partial charge in [0.05, 0.1) is 61.8 Å². The Hall–Kier alpha value is -2.35. The number of cyclic esters (lactones) is 1. The van der Waals surface area contributed by atoms with Gasteiger partial charge in [0.2, 0.25) is 0 Å². The van der Waals surface area contributed by atoms with Crippen molar-refractivity contribution in [2.24, 2.45) is 17.8 Å². The number of hydrogen-bond acceptors (Lipinski definition) is 16. The van der Waals surface area contributed by atoms with Crippen LogP contribution in [0.3, 0.4) is 0 Å². The van der Waals surface area contributed by atoms with Crippen LogP contribution in [0, 0.1) is 17.8 Å². The topological polar surface area (TPSA) is 188 Å². The number of carbonyl (C=O) groups is 1. The van der Waals surface area contributed by atoms with Crippen LogP contribution in [0.15, 0.2) is 18.2 Å². The van der Waals surface area contributed by atoms with Gasteiger partial charge in [0.25, 0.3) is 0 Å². The fourth-order valence-electron chi connectivity index (χ4n) is 9.85. The van der Waals surface area contributed by atoms with Gasteiger partial charge in [-0.05, 0) is 94.8 Å². The zero-order chi connectivity index (χ0) is 46.6. The predicted molar refractivity (Wildman–Crippen MR) is 232 cm³/mol. The summed E-state index contributed by atoms with van der Waals surface area (Å²) in [5.74, 6) is -1.14. The van der Waals surface area contributed by atoms with Crippen molar-refractivity contribution in [2.45, 2.75) is 185 Å². The zero-order valence-corrected chi connectivity index (χ0v) is 40.2. The molecule has 3 saturated heterocycles. The van der Waals surface area contributed by atoms with E-state index in [0.717, 1.165) is 0 Å². The first-order valence-corrected chi connectivity index (χ1v) is 22.3. The Morgan fingerprint density at radius 3 is 2.00 bits per heavy atom. The Balaban J connectivity index is 1.89. The molecular formula is C46H80N2O14. The van der Waals surface area contributed by atoms with E-state index in [1.165, 1.54) is 14.0 Å². The molecule has 0 aromatic heterocycles. The van der Waals surface area contributed by atoms with E-state index in [0.29, 0.717) is 30.2 Å². The molecule has 16 heteroatoms. The minimum absolute atomic E-state index is 0.120. The number of aliphatic hydroxyl groups is 4. The zero-order valence-electron chi connectivity index (χ0n) is 40.2. The maximum Gasteiger partial charge on any atom is 0.311 e. The minimum Gasteiger partial charge on any atom is -0.496 e. The van der Waals surface area contributed by atoms with Crippen LogP contribution < -0.4 is 14.2 Å². The highest BCUT2D eigenvalue weighted by atomic mass is 16.7. The lowest BCUT2D eigenvalue weighted by Crippen LogP contribution is -2.61. The first kappa shape index (κ1) is 52.3. The molecule has 1 aromatic rings. The summed E-state index contributed by atoms with van der Waals surface area (Å²) in [6, 6.07) is 4.51. The van der Waals surface area contributed by atoms with Crippen LogP contribution in [0.25, 0.3) is 0 Å². The number of methoxy groups -OCH3 is 3. The number of hydrogen-bond donors (Lipinski definition) is 4. The van der Waals surface area contributed by atoms with Crippen LogP contribution in [-0.2, 0) is 33.2 Å². The second-order valence-corrected chi connectivity index (χ2v) is 19.3. The number of ether oxygens (including phenoxy) is 9. The Morgan fingerprint density at radius 2 is 1.45 bits per heavy atom. The standard InChI is InChI=1S/C46H80N2O14/c1-17-35-46(10,53)39(49)29(6)48(13)24-25(2)22-44(8,52)41(27(4)37(28(5)42(51)60-35)61-36-23-45(9,56-16)40(50)30(7)58-36)62-43-38(34(47(11)12)18-26(3)57-43)59-33-20-31(54-14)19-32(21-33)55-15/h19-21,25-30,34-41,43,49-50,52-53H,17-18,22-24H2,1-16H3/t25-,26-,27+,28-,29-,30+,34+,35-,36+,37+,38-,39-,40+,41-,43+,44-,45-,46-/m1/s1. The van der Waals surface area contributed by atoms with Gasteiger partial charge < -0.3 is 72.9 Å². The van der Waals surface area contributed by atoms with Crippen LogP contribution >= 0.6 is 0 Å². The lowest BCUT2D eigenvalue weighted by atomic mass is 9.77. The predicted octanol–water partition coefficient (Wildman–Crippen LogP) is 4.00. The van der Waals surface area contributed by atoms with Gasteiger partial charge in [-0.2, -0.15) is 0 Å². The van der Waals surface area contributed by atoms with Crippen molar-refractivity contribution in [2.75, 3.05) is 49.0 Å². The van der Waals surface area contributed by atoms with Crippen molar-refractivity contribution >= 4 is 5.97 Å². The SMILES string of the molecule is CC[C@H]1OC(=O)[C@H](C)[C@@H](O[C@H]2C[C@@](C)(OC)[C@@H](O)[C@H](C)O2)[C@H](C)[C@@H](O[C@@H]2O[C@H](C)C[C@H](N(C)C)[C@H]2Oc2cc(OC)cc(OC)c2)[C@](C)(O)C[C@@H](C)CN(C)[C@H](C)[C@@H](O)[C@]1(C)O. The lowest BCUT2D eigenvalue weighted by Gasteiger charge is -2.49. The van der Waals surface area contributed by atoms with E-state index in [1.54, 1.807) is 67.0 Å². The molecular weight excluding hydrogens is 805 g/mol. The third-order valence-corrected chi connectivity index (χ3v) is 13.8. The summed E-state index contributed by atoms with van der Waals surface area (Å²) in [4.78, 5) is 18.5. The maximum atomic E-state index is 14.5. The van der Waals surface area contributed by atoms with Crippen LogP contribution in [0.2, 0.25) is 0 Å². The van der Waals surface area contributed by atoms with E-state index in [1.807, 2.05) is 53.7 Å². The number of esters is 1. The van der Waals surface area contributed by atoms with Gasteiger partial charge in [0.15, 0.2) is 18.7 Å². The number of benzene rings is 1. The molecule has 4 N–H and O–H groups in total. The molecule has 4 rings (SSSR count). The molecule has 0 amide bonds. The van der Waals surface area contributed by atoms with Gasteiger partial charge in [-0.25, -0.2) is 0 Å². The first-order valence-electron chi connectivity index (χ1n) is 22.3. The molecule has 62 heavy (non-hydrogen) atoms. The maximum absolute atomic E-state index is 14.5. The molecule has 3 fully saturated rings. The van der Waals surface area contributed by atoms with Gasteiger partial charge >= 0.3 is 5.97 Å². The Kier molecular flexibility index (Phi) is 18.0.